The Hall–Kier alpha value is -5.51. The summed E-state index contributed by atoms with van der Waals surface area (Å²) >= 11 is 1.88. The predicted molar refractivity (Wildman–Crippen MR) is 203 cm³/mol. The third kappa shape index (κ3) is 3.91. The van der Waals surface area contributed by atoms with Crippen molar-refractivity contribution in [3.8, 4) is 0 Å². The maximum Gasteiger partial charge on any atom is 0.159 e. The number of furan rings is 1. The Bertz CT molecular complexity index is 2530. The Kier molecular flexibility index (Phi) is 6.10. The molecule has 0 saturated heterocycles. The number of hydrogen-bond donors (Lipinski definition) is 0. The molecule has 3 heterocycles. The smallest absolute Gasteiger partial charge is 0.159 e. The molecule has 49 heavy (non-hydrogen) atoms. The lowest BCUT2D eigenvalue weighted by molar-refractivity contribution is 0.624. The molecule has 2 aliphatic heterocycles. The molecule has 0 amide bonds. The maximum absolute atomic E-state index is 6.65. The van der Waals surface area contributed by atoms with E-state index >= 15 is 0 Å². The van der Waals surface area contributed by atoms with Gasteiger partial charge in [-0.15, -0.1) is 0 Å². The molecule has 0 aliphatic carbocycles. The molecule has 0 fully saturated rings. The lowest BCUT2D eigenvalue weighted by Gasteiger charge is -2.45. The van der Waals surface area contributed by atoms with Crippen molar-refractivity contribution >= 4 is 50.8 Å². The van der Waals surface area contributed by atoms with E-state index in [1.807, 2.05) is 17.8 Å². The molecule has 10 rings (SSSR count). The maximum atomic E-state index is 6.65. The zero-order chi connectivity index (χ0) is 32.7. The van der Waals surface area contributed by atoms with Gasteiger partial charge in [0.25, 0.3) is 0 Å². The molecule has 2 nitrogen and oxygen atoms in total. The third-order valence-electron chi connectivity index (χ3n) is 10.8. The van der Waals surface area contributed by atoms with Gasteiger partial charge in [0.1, 0.15) is 5.58 Å². The molecule has 0 radical (unpaired) electrons. The van der Waals surface area contributed by atoms with Crippen LogP contribution >= 0.6 is 11.8 Å². The van der Waals surface area contributed by atoms with E-state index in [1.54, 1.807) is 0 Å². The van der Waals surface area contributed by atoms with E-state index in [0.717, 1.165) is 27.6 Å². The number of fused-ring (bicyclic) bond motifs is 7. The minimum atomic E-state index is -0.495. The first kappa shape index (κ1) is 28.5. The molecule has 0 unspecified atom stereocenters. The molecule has 0 spiro atoms. The first-order valence-electron chi connectivity index (χ1n) is 16.9. The van der Waals surface area contributed by atoms with Gasteiger partial charge >= 0.3 is 0 Å². The van der Waals surface area contributed by atoms with Crippen LogP contribution in [-0.2, 0) is 10.8 Å². The van der Waals surface area contributed by atoms with E-state index in [0.29, 0.717) is 0 Å². The van der Waals surface area contributed by atoms with Crippen molar-refractivity contribution in [2.45, 2.75) is 34.5 Å². The van der Waals surface area contributed by atoms with Gasteiger partial charge < -0.3 is 9.32 Å². The monoisotopic (exact) mass is 647 g/mol. The van der Waals surface area contributed by atoms with Gasteiger partial charge in [0.2, 0.25) is 0 Å². The summed E-state index contributed by atoms with van der Waals surface area (Å²) in [5.74, 6) is 0. The predicted octanol–water partition coefficient (Wildman–Crippen LogP) is 12.5. The number of rotatable bonds is 3. The molecule has 0 bridgehead atoms. The summed E-state index contributed by atoms with van der Waals surface area (Å²) in [6.45, 7) is 4.75. The lowest BCUT2D eigenvalue weighted by Crippen LogP contribution is -2.36. The zero-order valence-electron chi connectivity index (χ0n) is 27.4. The molecule has 234 valence electrons. The third-order valence-corrected chi connectivity index (χ3v) is 11.9. The standard InChI is InChI=1S/C46H33NOS/c1-45(2)34-19-7-10-22-38(34)47(40-23-14-18-33-32-17-6-11-24-41(32)48-44(33)40)39-28-27-31(29-37(39)45)46(30-15-4-3-5-16-30)35-20-8-12-25-42(35)49-43-26-13-9-21-36(43)46/h3-29H,1-2H3. The second-order valence-corrected chi connectivity index (χ2v) is 14.8. The van der Waals surface area contributed by atoms with E-state index in [-0.39, 0.29) is 5.41 Å². The van der Waals surface area contributed by atoms with Crippen LogP contribution in [0.5, 0.6) is 0 Å². The van der Waals surface area contributed by atoms with Crippen LogP contribution in [0.1, 0.15) is 47.2 Å². The number of para-hydroxylation sites is 3. The van der Waals surface area contributed by atoms with Crippen LogP contribution in [0.3, 0.4) is 0 Å². The molecule has 8 aromatic rings. The normalized spacial score (nSPS) is 15.3. The van der Waals surface area contributed by atoms with Crippen molar-refractivity contribution < 1.29 is 4.42 Å². The number of anilines is 3. The van der Waals surface area contributed by atoms with Crippen LogP contribution in [0, 0.1) is 0 Å². The molecule has 7 aromatic carbocycles. The minimum Gasteiger partial charge on any atom is -0.454 e. The summed E-state index contributed by atoms with van der Waals surface area (Å²) in [5.41, 5.74) is 12.2. The topological polar surface area (TPSA) is 16.4 Å². The van der Waals surface area contributed by atoms with Gasteiger partial charge in [-0.2, -0.15) is 0 Å². The fraction of sp³-hybridized carbons (Fsp3) is 0.0870. The van der Waals surface area contributed by atoms with Crippen molar-refractivity contribution in [3.05, 3.63) is 197 Å². The Morgan fingerprint density at radius 1 is 0.469 bits per heavy atom. The Balaban J connectivity index is 1.29. The summed E-state index contributed by atoms with van der Waals surface area (Å²) in [6.07, 6.45) is 0. The average molecular weight is 648 g/mol. The highest BCUT2D eigenvalue weighted by atomic mass is 32.2. The van der Waals surface area contributed by atoms with Gasteiger partial charge in [-0.25, -0.2) is 0 Å². The van der Waals surface area contributed by atoms with E-state index in [4.69, 9.17) is 4.42 Å². The molecule has 0 N–H and O–H groups in total. The second-order valence-electron chi connectivity index (χ2n) is 13.7. The summed E-state index contributed by atoms with van der Waals surface area (Å²) in [4.78, 5) is 5.02. The molecular weight excluding hydrogens is 615 g/mol. The van der Waals surface area contributed by atoms with Crippen LogP contribution in [-0.4, -0.2) is 0 Å². The quantitative estimate of drug-likeness (QED) is 0.190. The van der Waals surface area contributed by atoms with Gasteiger partial charge in [-0.3, -0.25) is 0 Å². The molecule has 0 saturated carbocycles. The van der Waals surface area contributed by atoms with Crippen LogP contribution in [0.25, 0.3) is 21.9 Å². The second kappa shape index (κ2) is 10.5. The van der Waals surface area contributed by atoms with Crippen molar-refractivity contribution in [1.29, 1.82) is 0 Å². The van der Waals surface area contributed by atoms with Gasteiger partial charge in [0.05, 0.1) is 22.5 Å². The molecule has 1 aromatic heterocycles. The highest BCUT2D eigenvalue weighted by Crippen LogP contribution is 2.58. The largest absolute Gasteiger partial charge is 0.454 e. The van der Waals surface area contributed by atoms with Crippen molar-refractivity contribution in [2.24, 2.45) is 0 Å². The van der Waals surface area contributed by atoms with Gasteiger partial charge in [0.15, 0.2) is 5.58 Å². The van der Waals surface area contributed by atoms with E-state index in [1.165, 1.54) is 54.5 Å². The van der Waals surface area contributed by atoms with Gasteiger partial charge in [0, 0.05) is 26.0 Å². The summed E-state index contributed by atoms with van der Waals surface area (Å²) in [6, 6.07) is 60.0. The Morgan fingerprint density at radius 3 is 1.84 bits per heavy atom. The highest BCUT2D eigenvalue weighted by molar-refractivity contribution is 7.99. The minimum absolute atomic E-state index is 0.263. The molecular formula is C46H33NOS. The SMILES string of the molecule is CC1(C)c2ccccc2N(c2cccc3c2oc2ccccc23)c2ccc(C3(c4ccccc4)c4ccccc4Sc4ccccc43)cc21. The van der Waals surface area contributed by atoms with E-state index in [9.17, 15) is 0 Å². The summed E-state index contributed by atoms with van der Waals surface area (Å²) in [7, 11) is 0. The first-order chi connectivity index (χ1) is 24.1. The van der Waals surface area contributed by atoms with Crippen LogP contribution in [0.15, 0.2) is 178 Å². The number of nitrogens with zero attached hydrogens (tertiary/aromatic N) is 1. The van der Waals surface area contributed by atoms with E-state index in [2.05, 4.69) is 176 Å². The summed E-state index contributed by atoms with van der Waals surface area (Å²) < 4.78 is 6.65. The average Bonchev–Trinajstić information content (AvgIpc) is 3.54. The van der Waals surface area contributed by atoms with E-state index < -0.39 is 5.41 Å². The summed E-state index contributed by atoms with van der Waals surface area (Å²) in [5, 5.41) is 2.27. The fourth-order valence-corrected chi connectivity index (χ4v) is 9.77. The Labute approximate surface area is 290 Å². The Morgan fingerprint density at radius 2 is 1.06 bits per heavy atom. The van der Waals surface area contributed by atoms with Gasteiger partial charge in [-0.1, -0.05) is 153 Å². The zero-order valence-corrected chi connectivity index (χ0v) is 28.2. The highest BCUT2D eigenvalue weighted by Gasteiger charge is 2.46. The van der Waals surface area contributed by atoms with Gasteiger partial charge in [-0.05, 0) is 69.8 Å². The first-order valence-corrected chi connectivity index (χ1v) is 17.8. The number of hydrogen-bond acceptors (Lipinski definition) is 3. The van der Waals surface area contributed by atoms with Crippen molar-refractivity contribution in [2.75, 3.05) is 4.90 Å². The fourth-order valence-electron chi connectivity index (χ4n) is 8.58. The van der Waals surface area contributed by atoms with Crippen LogP contribution in [0.2, 0.25) is 0 Å². The molecule has 3 heteroatoms. The number of benzene rings is 7. The molecule has 2 aliphatic rings. The van der Waals surface area contributed by atoms with Crippen molar-refractivity contribution in [3.63, 3.8) is 0 Å². The van der Waals surface area contributed by atoms with Crippen LogP contribution in [0.4, 0.5) is 17.1 Å². The lowest BCUT2D eigenvalue weighted by atomic mass is 9.63. The molecule has 0 atom stereocenters. The van der Waals surface area contributed by atoms with Crippen LogP contribution < -0.4 is 4.90 Å². The van der Waals surface area contributed by atoms with Crippen molar-refractivity contribution in [1.82, 2.24) is 0 Å².